The molecule has 0 aliphatic carbocycles. The maximum absolute atomic E-state index is 12.3. The quantitative estimate of drug-likeness (QED) is 0.691. The highest BCUT2D eigenvalue weighted by atomic mass is 19.4. The third kappa shape index (κ3) is 7.95. The summed E-state index contributed by atoms with van der Waals surface area (Å²) in [6, 6.07) is 4.05. The average Bonchev–Trinajstić information content (AvgIpc) is 2.46. The van der Waals surface area contributed by atoms with Crippen LogP contribution in [0.25, 0.3) is 0 Å². The Morgan fingerprint density at radius 2 is 1.96 bits per heavy atom. The van der Waals surface area contributed by atoms with Gasteiger partial charge in [-0.05, 0) is 24.6 Å². The molecule has 0 bridgehead atoms. The fourth-order valence-corrected chi connectivity index (χ4v) is 1.64. The van der Waals surface area contributed by atoms with E-state index in [0.29, 0.717) is 5.56 Å². The van der Waals surface area contributed by atoms with Crippen LogP contribution in [0.4, 0.5) is 22.0 Å². The maximum atomic E-state index is 12.3. The van der Waals surface area contributed by atoms with Crippen LogP contribution in [0, 0.1) is 0 Å². The van der Waals surface area contributed by atoms with E-state index in [1.165, 1.54) is 18.2 Å². The summed E-state index contributed by atoms with van der Waals surface area (Å²) in [6.07, 6.45) is -4.51. The van der Waals surface area contributed by atoms with Crippen LogP contribution in [-0.4, -0.2) is 38.5 Å². The number of hydrogen-bond acceptors (Lipinski definition) is 4. The molecule has 1 rings (SSSR count). The molecule has 0 atom stereocenters. The third-order valence-corrected chi connectivity index (χ3v) is 2.51. The number of hydrogen-bond donors (Lipinski definition) is 1. The smallest absolute Gasteiger partial charge is 0.411 e. The minimum Gasteiger partial charge on any atom is -0.490 e. The molecule has 0 saturated carbocycles. The lowest BCUT2D eigenvalue weighted by molar-refractivity contribution is -0.175. The van der Waals surface area contributed by atoms with Crippen molar-refractivity contribution in [2.45, 2.75) is 26.3 Å². The Labute approximate surface area is 134 Å². The van der Waals surface area contributed by atoms with E-state index in [0.717, 1.165) is 0 Å². The first-order valence-electron chi connectivity index (χ1n) is 6.83. The predicted octanol–water partition coefficient (Wildman–Crippen LogP) is 2.88. The van der Waals surface area contributed by atoms with Crippen LogP contribution in [0.2, 0.25) is 0 Å². The molecular weight excluding hydrogens is 341 g/mol. The monoisotopic (exact) mass is 357 g/mol. The highest BCUT2D eigenvalue weighted by Crippen LogP contribution is 2.29. The first kappa shape index (κ1) is 19.9. The van der Waals surface area contributed by atoms with E-state index in [1.807, 2.05) is 0 Å². The number of carbonyl (C=O) groups is 1. The third-order valence-electron chi connectivity index (χ3n) is 2.51. The van der Waals surface area contributed by atoms with E-state index in [4.69, 9.17) is 4.74 Å². The lowest BCUT2D eigenvalue weighted by atomic mass is 10.2. The molecule has 0 fully saturated rings. The molecule has 136 valence electrons. The van der Waals surface area contributed by atoms with Crippen molar-refractivity contribution in [3.8, 4) is 11.5 Å². The van der Waals surface area contributed by atoms with Crippen molar-refractivity contribution in [1.29, 1.82) is 0 Å². The lowest BCUT2D eigenvalue weighted by Crippen LogP contribution is -2.29. The van der Waals surface area contributed by atoms with Gasteiger partial charge in [0.2, 0.25) is 5.91 Å². The van der Waals surface area contributed by atoms with Crippen LogP contribution in [0.1, 0.15) is 12.5 Å². The highest BCUT2D eigenvalue weighted by Gasteiger charge is 2.27. The molecule has 0 heterocycles. The van der Waals surface area contributed by atoms with Crippen LogP contribution in [0.15, 0.2) is 18.2 Å². The van der Waals surface area contributed by atoms with E-state index in [1.54, 1.807) is 6.92 Å². The van der Waals surface area contributed by atoms with Gasteiger partial charge in [-0.1, -0.05) is 6.07 Å². The zero-order valence-corrected chi connectivity index (χ0v) is 12.7. The van der Waals surface area contributed by atoms with E-state index < -0.39 is 31.9 Å². The van der Waals surface area contributed by atoms with Crippen molar-refractivity contribution in [3.63, 3.8) is 0 Å². The van der Waals surface area contributed by atoms with Crippen molar-refractivity contribution >= 4 is 5.91 Å². The number of carbonyl (C=O) groups excluding carboxylic acids is 1. The van der Waals surface area contributed by atoms with Crippen molar-refractivity contribution in [1.82, 2.24) is 5.32 Å². The molecule has 0 saturated heterocycles. The number of rotatable bonds is 9. The number of ether oxygens (including phenoxy) is 3. The van der Waals surface area contributed by atoms with Gasteiger partial charge in [-0.2, -0.15) is 22.0 Å². The molecule has 1 aromatic carbocycles. The second kappa shape index (κ2) is 9.26. The average molecular weight is 357 g/mol. The van der Waals surface area contributed by atoms with Crippen molar-refractivity contribution in [2.24, 2.45) is 0 Å². The van der Waals surface area contributed by atoms with Crippen molar-refractivity contribution in [3.05, 3.63) is 23.8 Å². The van der Waals surface area contributed by atoms with E-state index >= 15 is 0 Å². The standard InChI is InChI=1S/C14H16F5NO4/c1-2-23-11-5-9(3-4-10(11)24-13(15)16)6-20-12(21)7-22-8-14(17,18)19/h3-5,13H,2,6-8H2,1H3,(H,20,21). The molecule has 0 aliphatic heterocycles. The summed E-state index contributed by atoms with van der Waals surface area (Å²) < 4.78 is 73.8. The SMILES string of the molecule is CCOc1cc(CNC(=O)COCC(F)(F)F)ccc1OC(F)F. The minimum atomic E-state index is -4.51. The Morgan fingerprint density at radius 1 is 1.25 bits per heavy atom. The van der Waals surface area contributed by atoms with Crippen molar-refractivity contribution < 1.29 is 41.0 Å². The van der Waals surface area contributed by atoms with E-state index in [9.17, 15) is 26.7 Å². The zero-order valence-electron chi connectivity index (χ0n) is 12.7. The number of halogens is 5. The van der Waals surface area contributed by atoms with Gasteiger partial charge < -0.3 is 19.5 Å². The number of nitrogens with one attached hydrogen (secondary N) is 1. The number of alkyl halides is 5. The van der Waals surface area contributed by atoms with Gasteiger partial charge in [-0.3, -0.25) is 4.79 Å². The predicted molar refractivity (Wildman–Crippen MR) is 73.0 cm³/mol. The molecule has 10 heteroatoms. The molecule has 0 aromatic heterocycles. The summed E-state index contributed by atoms with van der Waals surface area (Å²) in [4.78, 5) is 11.4. The van der Waals surface area contributed by atoms with Crippen molar-refractivity contribution in [2.75, 3.05) is 19.8 Å². The van der Waals surface area contributed by atoms with Crippen LogP contribution < -0.4 is 14.8 Å². The van der Waals surface area contributed by atoms with Gasteiger partial charge in [0.25, 0.3) is 0 Å². The van der Waals surface area contributed by atoms with Crippen LogP contribution in [0.5, 0.6) is 11.5 Å². The molecular formula is C14H16F5NO4. The second-order valence-electron chi connectivity index (χ2n) is 4.48. The van der Waals surface area contributed by atoms with Gasteiger partial charge in [0.05, 0.1) is 6.61 Å². The molecule has 0 radical (unpaired) electrons. The Balaban J connectivity index is 2.55. The van der Waals surface area contributed by atoms with Gasteiger partial charge in [0, 0.05) is 6.54 Å². The van der Waals surface area contributed by atoms with Gasteiger partial charge >= 0.3 is 12.8 Å². The number of amides is 1. The zero-order chi connectivity index (χ0) is 18.2. The Bertz CT molecular complexity index is 536. The Hall–Kier alpha value is -2.10. The fourth-order valence-electron chi connectivity index (χ4n) is 1.64. The molecule has 24 heavy (non-hydrogen) atoms. The molecule has 0 aliphatic rings. The van der Waals surface area contributed by atoms with Crippen LogP contribution in [-0.2, 0) is 16.1 Å². The molecule has 5 nitrogen and oxygen atoms in total. The maximum Gasteiger partial charge on any atom is 0.411 e. The summed E-state index contributed by atoms with van der Waals surface area (Å²) in [6.45, 7) is -3.46. The van der Waals surface area contributed by atoms with Gasteiger partial charge in [-0.15, -0.1) is 0 Å². The summed E-state index contributed by atoms with van der Waals surface area (Å²) in [5.74, 6) is -0.835. The molecule has 0 spiro atoms. The van der Waals surface area contributed by atoms with Gasteiger partial charge in [-0.25, -0.2) is 0 Å². The summed E-state index contributed by atoms with van der Waals surface area (Å²) >= 11 is 0. The highest BCUT2D eigenvalue weighted by molar-refractivity contribution is 5.77. The lowest BCUT2D eigenvalue weighted by Gasteiger charge is -2.13. The Kier molecular flexibility index (Phi) is 7.69. The van der Waals surface area contributed by atoms with E-state index in [-0.39, 0.29) is 24.7 Å². The summed E-state index contributed by atoms with van der Waals surface area (Å²) in [7, 11) is 0. The van der Waals surface area contributed by atoms with Gasteiger partial charge in [0.15, 0.2) is 11.5 Å². The Morgan fingerprint density at radius 3 is 2.54 bits per heavy atom. The summed E-state index contributed by atoms with van der Waals surface area (Å²) in [5.41, 5.74) is 0.490. The first-order chi connectivity index (χ1) is 11.2. The van der Waals surface area contributed by atoms with Gasteiger partial charge in [0.1, 0.15) is 13.2 Å². The van der Waals surface area contributed by atoms with Crippen LogP contribution in [0.3, 0.4) is 0 Å². The normalized spacial score (nSPS) is 11.5. The molecule has 1 N–H and O–H groups in total. The number of benzene rings is 1. The van der Waals surface area contributed by atoms with E-state index in [2.05, 4.69) is 14.8 Å². The fraction of sp³-hybridized carbons (Fsp3) is 0.500. The molecule has 0 unspecified atom stereocenters. The second-order valence-corrected chi connectivity index (χ2v) is 4.48. The first-order valence-corrected chi connectivity index (χ1v) is 6.83. The summed E-state index contributed by atoms with van der Waals surface area (Å²) in [5, 5.41) is 2.34. The largest absolute Gasteiger partial charge is 0.490 e. The molecule has 1 amide bonds. The minimum absolute atomic E-state index is 0.0384. The van der Waals surface area contributed by atoms with Crippen LogP contribution >= 0.6 is 0 Å². The molecule has 1 aromatic rings. The topological polar surface area (TPSA) is 56.8 Å².